The van der Waals surface area contributed by atoms with E-state index in [4.69, 9.17) is 0 Å². The lowest BCUT2D eigenvalue weighted by molar-refractivity contribution is 0.606. The first-order chi connectivity index (χ1) is 8.81. The Kier molecular flexibility index (Phi) is 4.93. The molecule has 0 bridgehead atoms. The molecule has 0 aliphatic carbocycles. The Morgan fingerprint density at radius 1 is 1.28 bits per heavy atom. The number of rotatable bonds is 4. The highest BCUT2D eigenvalue weighted by Crippen LogP contribution is 2.21. The van der Waals surface area contributed by atoms with Crippen LogP contribution >= 0.6 is 0 Å². The Morgan fingerprint density at radius 3 is 2.89 bits per heavy atom. The molecule has 18 heavy (non-hydrogen) atoms. The van der Waals surface area contributed by atoms with Crippen LogP contribution in [0, 0.1) is 0 Å². The van der Waals surface area contributed by atoms with Crippen LogP contribution in [0.15, 0.2) is 12.1 Å². The van der Waals surface area contributed by atoms with Crippen LogP contribution in [0.2, 0.25) is 0 Å². The molecule has 1 aliphatic rings. The standard InChI is InChI=1S/C14H24N4/c1-3-15-11-13-8-9-14(17-16-13)18-10-6-4-5-7-12(18)2/h8-9,12,15H,3-7,10-11H2,1-2H3. The predicted octanol–water partition coefficient (Wildman–Crippen LogP) is 2.36. The van der Waals surface area contributed by atoms with Gasteiger partial charge in [0.25, 0.3) is 0 Å². The summed E-state index contributed by atoms with van der Waals surface area (Å²) in [6.07, 6.45) is 5.21. The summed E-state index contributed by atoms with van der Waals surface area (Å²) in [5.74, 6) is 1.03. The molecule has 2 heterocycles. The molecule has 0 radical (unpaired) electrons. The van der Waals surface area contributed by atoms with Gasteiger partial charge in [-0.15, -0.1) is 5.10 Å². The van der Waals surface area contributed by atoms with Crippen molar-refractivity contribution in [2.45, 2.75) is 52.1 Å². The van der Waals surface area contributed by atoms with Crippen LogP contribution in [0.25, 0.3) is 0 Å². The van der Waals surface area contributed by atoms with Crippen molar-refractivity contribution >= 4 is 5.82 Å². The second kappa shape index (κ2) is 6.69. The first-order valence-electron chi connectivity index (χ1n) is 7.11. The normalized spacial score (nSPS) is 20.8. The molecule has 1 N–H and O–H groups in total. The first-order valence-corrected chi connectivity index (χ1v) is 7.11. The zero-order valence-corrected chi connectivity index (χ0v) is 11.5. The summed E-state index contributed by atoms with van der Waals surface area (Å²) in [6, 6.07) is 4.78. The molecule has 1 fully saturated rings. The van der Waals surface area contributed by atoms with E-state index in [1.165, 1.54) is 25.7 Å². The highest BCUT2D eigenvalue weighted by atomic mass is 15.3. The zero-order valence-electron chi connectivity index (χ0n) is 11.5. The molecule has 4 heteroatoms. The molecule has 0 spiro atoms. The molecule has 2 rings (SSSR count). The smallest absolute Gasteiger partial charge is 0.151 e. The Morgan fingerprint density at radius 2 is 2.17 bits per heavy atom. The molecule has 1 aliphatic heterocycles. The number of nitrogens with zero attached hydrogens (tertiary/aromatic N) is 3. The van der Waals surface area contributed by atoms with Gasteiger partial charge in [-0.3, -0.25) is 0 Å². The van der Waals surface area contributed by atoms with E-state index < -0.39 is 0 Å². The van der Waals surface area contributed by atoms with E-state index in [0.29, 0.717) is 6.04 Å². The lowest BCUT2D eigenvalue weighted by Gasteiger charge is -2.27. The second-order valence-corrected chi connectivity index (χ2v) is 5.05. The third kappa shape index (κ3) is 3.42. The van der Waals surface area contributed by atoms with Crippen LogP contribution in [-0.2, 0) is 6.54 Å². The van der Waals surface area contributed by atoms with Crippen molar-refractivity contribution < 1.29 is 0 Å². The SMILES string of the molecule is CCNCc1ccc(N2CCCCCC2C)nn1. The second-order valence-electron chi connectivity index (χ2n) is 5.05. The summed E-state index contributed by atoms with van der Waals surface area (Å²) in [7, 11) is 0. The average molecular weight is 248 g/mol. The van der Waals surface area contributed by atoms with Crippen molar-refractivity contribution in [2.75, 3.05) is 18.0 Å². The number of hydrogen-bond acceptors (Lipinski definition) is 4. The van der Waals surface area contributed by atoms with E-state index in [-0.39, 0.29) is 0 Å². The Balaban J connectivity index is 2.03. The van der Waals surface area contributed by atoms with E-state index >= 15 is 0 Å². The number of hydrogen-bond donors (Lipinski definition) is 1. The zero-order chi connectivity index (χ0) is 12.8. The molecule has 1 atom stereocenters. The van der Waals surface area contributed by atoms with Crippen LogP contribution in [0.3, 0.4) is 0 Å². The molecule has 4 nitrogen and oxygen atoms in total. The van der Waals surface area contributed by atoms with Gasteiger partial charge in [-0.05, 0) is 38.4 Å². The van der Waals surface area contributed by atoms with Gasteiger partial charge < -0.3 is 10.2 Å². The molecular weight excluding hydrogens is 224 g/mol. The molecule has 0 amide bonds. The Bertz CT molecular complexity index is 349. The van der Waals surface area contributed by atoms with Crippen LogP contribution in [0.1, 0.15) is 45.2 Å². The Hall–Kier alpha value is -1.16. The fourth-order valence-electron chi connectivity index (χ4n) is 2.47. The van der Waals surface area contributed by atoms with Crippen molar-refractivity contribution in [3.05, 3.63) is 17.8 Å². The van der Waals surface area contributed by atoms with Gasteiger partial charge in [0.15, 0.2) is 5.82 Å². The summed E-state index contributed by atoms with van der Waals surface area (Å²) >= 11 is 0. The van der Waals surface area contributed by atoms with E-state index in [0.717, 1.165) is 31.1 Å². The molecule has 1 saturated heterocycles. The maximum absolute atomic E-state index is 4.38. The monoisotopic (exact) mass is 248 g/mol. The summed E-state index contributed by atoms with van der Waals surface area (Å²) < 4.78 is 0. The van der Waals surface area contributed by atoms with Crippen LogP contribution in [0.4, 0.5) is 5.82 Å². The van der Waals surface area contributed by atoms with Gasteiger partial charge in [0.1, 0.15) is 0 Å². The van der Waals surface area contributed by atoms with Gasteiger partial charge >= 0.3 is 0 Å². The third-order valence-corrected chi connectivity index (χ3v) is 3.61. The van der Waals surface area contributed by atoms with Gasteiger partial charge in [0, 0.05) is 19.1 Å². The van der Waals surface area contributed by atoms with E-state index in [1.807, 2.05) is 0 Å². The minimum Gasteiger partial charge on any atom is -0.352 e. The van der Waals surface area contributed by atoms with Gasteiger partial charge in [0.2, 0.25) is 0 Å². The van der Waals surface area contributed by atoms with Crippen LogP contribution < -0.4 is 10.2 Å². The minimum atomic E-state index is 0.585. The van der Waals surface area contributed by atoms with Crippen molar-refractivity contribution in [1.82, 2.24) is 15.5 Å². The molecule has 100 valence electrons. The minimum absolute atomic E-state index is 0.585. The first kappa shape index (κ1) is 13.3. The van der Waals surface area contributed by atoms with Crippen molar-refractivity contribution in [3.8, 4) is 0 Å². The van der Waals surface area contributed by atoms with Crippen LogP contribution in [0.5, 0.6) is 0 Å². The molecule has 1 aromatic rings. The molecular formula is C14H24N4. The van der Waals surface area contributed by atoms with E-state index in [2.05, 4.69) is 46.4 Å². The van der Waals surface area contributed by atoms with E-state index in [1.54, 1.807) is 0 Å². The van der Waals surface area contributed by atoms with Crippen LogP contribution in [-0.4, -0.2) is 29.3 Å². The van der Waals surface area contributed by atoms with Gasteiger partial charge in [0.05, 0.1) is 5.69 Å². The molecule has 1 aromatic heterocycles. The average Bonchev–Trinajstić information content (AvgIpc) is 2.62. The van der Waals surface area contributed by atoms with Crippen molar-refractivity contribution in [1.29, 1.82) is 0 Å². The lowest BCUT2D eigenvalue weighted by Crippen LogP contribution is -2.33. The number of aromatic nitrogens is 2. The summed E-state index contributed by atoms with van der Waals surface area (Å²) in [4.78, 5) is 2.40. The number of nitrogens with one attached hydrogen (secondary N) is 1. The maximum atomic E-state index is 4.38. The number of anilines is 1. The maximum Gasteiger partial charge on any atom is 0.151 e. The van der Waals surface area contributed by atoms with Gasteiger partial charge in [-0.25, -0.2) is 0 Å². The van der Waals surface area contributed by atoms with E-state index in [9.17, 15) is 0 Å². The van der Waals surface area contributed by atoms with Gasteiger partial charge in [-0.2, -0.15) is 5.10 Å². The summed E-state index contributed by atoms with van der Waals surface area (Å²) in [5, 5.41) is 12.0. The predicted molar refractivity (Wildman–Crippen MR) is 74.7 cm³/mol. The fraction of sp³-hybridized carbons (Fsp3) is 0.714. The highest BCUT2D eigenvalue weighted by molar-refractivity contribution is 5.38. The molecule has 1 unspecified atom stereocenters. The Labute approximate surface area is 110 Å². The van der Waals surface area contributed by atoms with Gasteiger partial charge in [-0.1, -0.05) is 19.8 Å². The topological polar surface area (TPSA) is 41.0 Å². The van der Waals surface area contributed by atoms with Crippen molar-refractivity contribution in [2.24, 2.45) is 0 Å². The molecule has 0 aromatic carbocycles. The van der Waals surface area contributed by atoms with Crippen molar-refractivity contribution in [3.63, 3.8) is 0 Å². The highest BCUT2D eigenvalue weighted by Gasteiger charge is 2.18. The fourth-order valence-corrected chi connectivity index (χ4v) is 2.47. The summed E-state index contributed by atoms with van der Waals surface area (Å²) in [5.41, 5.74) is 1.02. The quantitative estimate of drug-likeness (QED) is 0.888. The largest absolute Gasteiger partial charge is 0.352 e. The molecule has 0 saturated carbocycles. The lowest BCUT2D eigenvalue weighted by atomic mass is 10.1. The third-order valence-electron chi connectivity index (χ3n) is 3.61. The summed E-state index contributed by atoms with van der Waals surface area (Å²) in [6.45, 7) is 7.27.